The van der Waals surface area contributed by atoms with E-state index in [9.17, 15) is 0 Å². The van der Waals surface area contributed by atoms with E-state index >= 15 is 0 Å². The molecule has 0 bridgehead atoms. The minimum absolute atomic E-state index is 0.882. The summed E-state index contributed by atoms with van der Waals surface area (Å²) in [6, 6.07) is 19.8. The molecule has 0 radical (unpaired) electrons. The number of nitrogens with zero attached hydrogens (tertiary/aromatic N) is 3. The Morgan fingerprint density at radius 3 is 2.52 bits per heavy atom. The fourth-order valence-electron chi connectivity index (χ4n) is 5.48. The van der Waals surface area contributed by atoms with Crippen LogP contribution in [0.15, 0.2) is 54.6 Å². The Morgan fingerprint density at radius 1 is 0.871 bits per heavy atom. The second-order valence-corrected chi connectivity index (χ2v) is 8.97. The Hall–Kier alpha value is -3.46. The number of hydrogen-bond acceptors (Lipinski definition) is 1. The van der Waals surface area contributed by atoms with Crippen LogP contribution in [-0.4, -0.2) is 9.55 Å². The normalized spacial score (nSPS) is 12.5. The molecule has 0 atom stereocenters. The van der Waals surface area contributed by atoms with Gasteiger partial charge in [0.15, 0.2) is 0 Å². The van der Waals surface area contributed by atoms with Crippen molar-refractivity contribution in [1.82, 2.24) is 9.55 Å². The summed E-state index contributed by atoms with van der Waals surface area (Å²) in [5, 5.41) is 1.35. The second kappa shape index (κ2) is 6.27. The maximum absolute atomic E-state index is 4.96. The first-order valence-corrected chi connectivity index (χ1v) is 10.9. The first-order valence-electron chi connectivity index (χ1n) is 10.9. The van der Waals surface area contributed by atoms with Gasteiger partial charge in [-0.2, -0.15) is 4.57 Å². The van der Waals surface area contributed by atoms with E-state index in [-0.39, 0.29) is 0 Å². The molecule has 2 aromatic heterocycles. The maximum atomic E-state index is 4.96. The van der Waals surface area contributed by atoms with Gasteiger partial charge in [-0.1, -0.05) is 30.3 Å². The van der Waals surface area contributed by atoms with E-state index in [1.165, 1.54) is 61.2 Å². The molecule has 0 amide bonds. The predicted octanol–water partition coefficient (Wildman–Crippen LogP) is 5.81. The van der Waals surface area contributed by atoms with Crippen LogP contribution < -0.4 is 4.57 Å². The van der Waals surface area contributed by atoms with Crippen LogP contribution >= 0.6 is 0 Å². The quantitative estimate of drug-likeness (QED) is 0.317. The number of benzene rings is 3. The van der Waals surface area contributed by atoms with Gasteiger partial charge in [0.2, 0.25) is 11.2 Å². The second-order valence-electron chi connectivity index (χ2n) is 8.97. The first kappa shape index (κ1) is 18.3. The molecular weight excluding hydrogens is 378 g/mol. The summed E-state index contributed by atoms with van der Waals surface area (Å²) in [4.78, 5) is 4.96. The van der Waals surface area contributed by atoms with Gasteiger partial charge in [0.25, 0.3) is 0 Å². The molecule has 6 rings (SSSR count). The van der Waals surface area contributed by atoms with Crippen LogP contribution in [0.4, 0.5) is 0 Å². The topological polar surface area (TPSA) is 21.7 Å². The summed E-state index contributed by atoms with van der Waals surface area (Å²) < 4.78 is 4.76. The Morgan fingerprint density at radius 2 is 1.68 bits per heavy atom. The van der Waals surface area contributed by atoms with E-state index in [4.69, 9.17) is 4.98 Å². The zero-order chi connectivity index (χ0) is 21.4. The molecular formula is C28H26N3+. The lowest BCUT2D eigenvalue weighted by molar-refractivity contribution is -0.633. The molecule has 3 heteroatoms. The number of aryl methyl sites for hydroxylation is 4. The molecule has 0 spiro atoms. The van der Waals surface area contributed by atoms with Gasteiger partial charge in [-0.3, -0.25) is 4.57 Å². The van der Waals surface area contributed by atoms with Gasteiger partial charge in [-0.05, 0) is 67.6 Å². The number of rotatable bonds is 1. The van der Waals surface area contributed by atoms with Gasteiger partial charge in [0.1, 0.15) is 12.9 Å². The molecule has 0 saturated heterocycles. The highest BCUT2D eigenvalue weighted by molar-refractivity contribution is 5.89. The van der Waals surface area contributed by atoms with Gasteiger partial charge in [0.05, 0.1) is 27.7 Å². The highest BCUT2D eigenvalue weighted by Gasteiger charge is 2.31. The molecule has 152 valence electrons. The van der Waals surface area contributed by atoms with Gasteiger partial charge in [-0.25, -0.2) is 4.98 Å². The van der Waals surface area contributed by atoms with E-state index in [0.717, 1.165) is 17.8 Å². The lowest BCUT2D eigenvalue weighted by atomic mass is 9.92. The first-order chi connectivity index (χ1) is 15.0. The van der Waals surface area contributed by atoms with Crippen LogP contribution in [0, 0.1) is 27.7 Å². The van der Waals surface area contributed by atoms with E-state index in [1.807, 2.05) is 0 Å². The summed E-state index contributed by atoms with van der Waals surface area (Å²) in [5.41, 5.74) is 14.1. The van der Waals surface area contributed by atoms with Gasteiger partial charge in [-0.15, -0.1) is 0 Å². The van der Waals surface area contributed by atoms with Crippen molar-refractivity contribution in [2.24, 2.45) is 7.05 Å². The van der Waals surface area contributed by atoms with Gasteiger partial charge >= 0.3 is 0 Å². The van der Waals surface area contributed by atoms with Crippen LogP contribution in [0.25, 0.3) is 38.9 Å². The number of aromatic nitrogens is 3. The zero-order valence-corrected chi connectivity index (χ0v) is 18.7. The van der Waals surface area contributed by atoms with E-state index in [0.29, 0.717) is 0 Å². The molecule has 3 nitrogen and oxygen atoms in total. The molecule has 0 fully saturated rings. The minimum Gasteiger partial charge on any atom is -0.295 e. The average Bonchev–Trinajstić information content (AvgIpc) is 3.27. The van der Waals surface area contributed by atoms with Crippen LogP contribution in [0.1, 0.15) is 33.6 Å². The molecule has 3 aromatic carbocycles. The molecule has 1 aliphatic rings. The standard InChI is InChI=1S/C28H26N3/c1-16-9-8-12-23-26(16)18(3)14-24(30(23)5)27-19(4)17(2)13-20-15-25-29-21-10-6-7-11-22(21)31(25)28(20)27/h6-14H,15H2,1-5H3/q+1. The van der Waals surface area contributed by atoms with Gasteiger partial charge in [0, 0.05) is 18.6 Å². The Labute approximate surface area is 182 Å². The SMILES string of the molecule is Cc1cc2c(c(-c3cc(C)c4c(C)cccc4[n+]3C)c1C)-n1c(nc3ccccc31)C2. The molecule has 3 heterocycles. The van der Waals surface area contributed by atoms with Crippen LogP contribution in [-0.2, 0) is 13.5 Å². The van der Waals surface area contributed by atoms with E-state index in [1.54, 1.807) is 0 Å². The lowest BCUT2D eigenvalue weighted by Gasteiger charge is -2.17. The van der Waals surface area contributed by atoms with Crippen molar-refractivity contribution in [2.45, 2.75) is 34.1 Å². The minimum atomic E-state index is 0.882. The fraction of sp³-hybridized carbons (Fsp3) is 0.214. The molecule has 5 aromatic rings. The van der Waals surface area contributed by atoms with Crippen LogP contribution in [0.2, 0.25) is 0 Å². The number of pyridine rings is 1. The summed E-state index contributed by atoms with van der Waals surface area (Å²) >= 11 is 0. The monoisotopic (exact) mass is 404 g/mol. The third-order valence-corrected chi connectivity index (χ3v) is 7.08. The van der Waals surface area contributed by atoms with Crippen molar-refractivity contribution >= 4 is 21.9 Å². The molecule has 31 heavy (non-hydrogen) atoms. The van der Waals surface area contributed by atoms with Crippen molar-refractivity contribution < 1.29 is 4.57 Å². The van der Waals surface area contributed by atoms with Crippen molar-refractivity contribution in [3.8, 4) is 16.9 Å². The summed E-state index contributed by atoms with van der Waals surface area (Å²) in [5.74, 6) is 1.14. The summed E-state index contributed by atoms with van der Waals surface area (Å²) in [6.45, 7) is 8.94. The Balaban J connectivity index is 1.76. The van der Waals surface area contributed by atoms with Crippen molar-refractivity contribution in [1.29, 1.82) is 0 Å². The molecule has 0 unspecified atom stereocenters. The number of imidazole rings is 1. The highest BCUT2D eigenvalue weighted by atomic mass is 15.1. The predicted molar refractivity (Wildman–Crippen MR) is 127 cm³/mol. The molecule has 0 N–H and O–H groups in total. The Kier molecular flexibility index (Phi) is 3.71. The number of fused-ring (bicyclic) bond motifs is 6. The molecule has 1 aliphatic heterocycles. The third kappa shape index (κ3) is 2.40. The van der Waals surface area contributed by atoms with Crippen LogP contribution in [0.5, 0.6) is 0 Å². The van der Waals surface area contributed by atoms with Crippen molar-refractivity contribution in [3.63, 3.8) is 0 Å². The largest absolute Gasteiger partial charge is 0.295 e. The number of hydrogen-bond donors (Lipinski definition) is 0. The molecule has 0 aliphatic carbocycles. The average molecular weight is 405 g/mol. The molecule has 0 saturated carbocycles. The summed E-state index contributed by atoms with van der Waals surface area (Å²) in [7, 11) is 2.20. The lowest BCUT2D eigenvalue weighted by Crippen LogP contribution is -2.33. The fourth-order valence-corrected chi connectivity index (χ4v) is 5.48. The van der Waals surface area contributed by atoms with E-state index < -0.39 is 0 Å². The van der Waals surface area contributed by atoms with Gasteiger partial charge < -0.3 is 0 Å². The van der Waals surface area contributed by atoms with Crippen LogP contribution in [0.3, 0.4) is 0 Å². The highest BCUT2D eigenvalue weighted by Crippen LogP contribution is 2.41. The van der Waals surface area contributed by atoms with Crippen molar-refractivity contribution in [3.05, 3.63) is 88.2 Å². The summed E-state index contributed by atoms with van der Waals surface area (Å²) in [6.07, 6.45) is 0.882. The number of para-hydroxylation sites is 2. The maximum Gasteiger partial charge on any atom is 0.215 e. The zero-order valence-electron chi connectivity index (χ0n) is 18.7. The smallest absolute Gasteiger partial charge is 0.215 e. The van der Waals surface area contributed by atoms with Crippen molar-refractivity contribution in [2.75, 3.05) is 0 Å². The van der Waals surface area contributed by atoms with E-state index in [2.05, 4.69) is 98.5 Å². The third-order valence-electron chi connectivity index (χ3n) is 7.08. The Bertz CT molecular complexity index is 1550.